The molecule has 0 radical (unpaired) electrons. The van der Waals surface area contributed by atoms with Crippen molar-refractivity contribution in [1.29, 1.82) is 0 Å². The average Bonchev–Trinajstić information content (AvgIpc) is 3.82. The minimum atomic E-state index is -5.75. The first kappa shape index (κ1) is 49.3. The van der Waals surface area contributed by atoms with Crippen LogP contribution in [0.1, 0.15) is 62.0 Å². The van der Waals surface area contributed by atoms with Gasteiger partial charge in [-0.2, -0.15) is 13.6 Å². The Morgan fingerprint density at radius 1 is 0.955 bits per heavy atom. The number of nitrogens with one attached hydrogen (secondary N) is 1. The summed E-state index contributed by atoms with van der Waals surface area (Å²) in [7, 11) is -14.4. The standard InChI is InChI=1S/C35H29Cl4N4O20P3/c1-56-20-10-17-28(25(39)27(20)45)60-29-16(9-19(37)26(44)30(29)57-2)35(17)23-18(36)8-15(24(38)22(23)33(47)61-35)32(46)41-7-3-4-13-11-43(34(48)42-31(13)40)21-6-5-14(59-21)12-58-65(52,53)63-66(54,55)62-64(49,50)51/h8-11,14,21,44-45H,5-7,12H2,1-2H3,(H,41,46)(H,52,53)(H,54,55)(H2,40,42,48)(H2,49,50,51)/t14-,21+,35?/m0/s1. The van der Waals surface area contributed by atoms with Crippen LogP contribution in [0.4, 0.5) is 5.82 Å². The predicted octanol–water partition coefficient (Wildman–Crippen LogP) is 5.24. The van der Waals surface area contributed by atoms with Crippen LogP contribution in [0.3, 0.4) is 0 Å². The smallest absolute Gasteiger partial charge is 0.490 e. The van der Waals surface area contributed by atoms with Crippen LogP contribution in [0, 0.1) is 11.8 Å². The molecular formula is C35H29Cl4N4O20P3. The third-order valence-corrected chi connectivity index (χ3v) is 14.9. The Labute approximate surface area is 389 Å². The summed E-state index contributed by atoms with van der Waals surface area (Å²) in [6, 6.07) is 3.65. The van der Waals surface area contributed by atoms with Crippen molar-refractivity contribution in [2.24, 2.45) is 0 Å². The minimum absolute atomic E-state index is 0.0112. The number of nitrogens with two attached hydrogens (primary N) is 1. The zero-order valence-electron chi connectivity index (χ0n) is 33.0. The van der Waals surface area contributed by atoms with E-state index < -0.39 is 82.1 Å². The van der Waals surface area contributed by atoms with Crippen molar-refractivity contribution in [2.45, 2.75) is 30.8 Å². The minimum Gasteiger partial charge on any atom is -0.503 e. The number of phosphoric acid groups is 3. The Morgan fingerprint density at radius 2 is 1.65 bits per heavy atom. The summed E-state index contributed by atoms with van der Waals surface area (Å²) < 4.78 is 76.1. The van der Waals surface area contributed by atoms with Gasteiger partial charge in [0, 0.05) is 11.8 Å². The summed E-state index contributed by atoms with van der Waals surface area (Å²) in [6.45, 7) is -1.14. The van der Waals surface area contributed by atoms with Gasteiger partial charge in [-0.05, 0) is 31.0 Å². The second-order valence-electron chi connectivity index (χ2n) is 13.8. The number of carbonyl (C=O) groups excluding carboxylic acids is 2. The van der Waals surface area contributed by atoms with E-state index in [1.807, 2.05) is 0 Å². The highest BCUT2D eigenvalue weighted by Crippen LogP contribution is 2.67. The van der Waals surface area contributed by atoms with E-state index in [9.17, 15) is 48.1 Å². The zero-order valence-corrected chi connectivity index (χ0v) is 38.7. The van der Waals surface area contributed by atoms with E-state index in [1.165, 1.54) is 32.5 Å². The maximum absolute atomic E-state index is 14.0. The number of anilines is 1. The van der Waals surface area contributed by atoms with E-state index in [0.29, 0.717) is 0 Å². The van der Waals surface area contributed by atoms with Gasteiger partial charge < -0.3 is 64.5 Å². The maximum Gasteiger partial charge on any atom is 0.490 e. The number of aromatic nitrogens is 2. The number of benzene rings is 3. The molecule has 3 aliphatic heterocycles. The molecule has 66 heavy (non-hydrogen) atoms. The Kier molecular flexibility index (Phi) is 13.5. The summed E-state index contributed by atoms with van der Waals surface area (Å²) in [5.74, 6) is 0.977. The number of phenols is 2. The Balaban J connectivity index is 1.11. The normalized spacial score (nSPS) is 20.1. The lowest BCUT2D eigenvalue weighted by atomic mass is 9.77. The van der Waals surface area contributed by atoms with E-state index in [2.05, 4.69) is 35.3 Å². The molecule has 7 rings (SSSR count). The summed E-state index contributed by atoms with van der Waals surface area (Å²) in [4.78, 5) is 80.5. The number of esters is 1. The van der Waals surface area contributed by atoms with Crippen LogP contribution in [0.15, 0.2) is 29.2 Å². The van der Waals surface area contributed by atoms with E-state index >= 15 is 0 Å². The molecule has 3 aliphatic rings. The summed E-state index contributed by atoms with van der Waals surface area (Å²) in [5, 5.41) is 22.8. The molecule has 4 aromatic rings. The largest absolute Gasteiger partial charge is 0.503 e. The molecule has 0 aliphatic carbocycles. The highest BCUT2D eigenvalue weighted by atomic mass is 35.5. The lowest BCUT2D eigenvalue weighted by molar-refractivity contribution is -0.0242. The maximum atomic E-state index is 14.0. The molecule has 1 fully saturated rings. The summed E-state index contributed by atoms with van der Waals surface area (Å²) in [5.41, 5.74) is 2.09. The molecule has 24 nitrogen and oxygen atoms in total. The van der Waals surface area contributed by atoms with Gasteiger partial charge in [0.05, 0.1) is 76.4 Å². The van der Waals surface area contributed by atoms with E-state index in [0.717, 1.165) is 10.6 Å². The highest BCUT2D eigenvalue weighted by molar-refractivity contribution is 7.66. The number of carbonyl (C=O) groups is 2. The van der Waals surface area contributed by atoms with Crippen LogP contribution in [0.5, 0.6) is 34.5 Å². The fourth-order valence-corrected chi connectivity index (χ4v) is 11.2. The van der Waals surface area contributed by atoms with Crippen LogP contribution in [0.2, 0.25) is 20.1 Å². The molecule has 1 spiro atoms. The SMILES string of the molecule is COc1cc2c(c(Cl)c1O)Oc1c(cc(Cl)c(O)c1OC)C21OC(=O)c2c(Cl)c(C(=O)NCC#Cc3cn([C@H]4CC[C@@H](COP(=O)(O)OP(=O)(O)OP(=O)(O)O)O4)c(=O)nc3N)cc(Cl)c21. The van der Waals surface area contributed by atoms with Crippen LogP contribution in [0.25, 0.3) is 0 Å². The van der Waals surface area contributed by atoms with Crippen molar-refractivity contribution in [3.05, 3.63) is 88.4 Å². The molecule has 3 aromatic carbocycles. The van der Waals surface area contributed by atoms with Crippen molar-refractivity contribution < 1.29 is 89.9 Å². The number of hydrogen-bond acceptors (Lipinski definition) is 18. The van der Waals surface area contributed by atoms with Gasteiger partial charge in [-0.1, -0.05) is 58.2 Å². The zero-order chi connectivity index (χ0) is 48.4. The Morgan fingerprint density at radius 3 is 2.32 bits per heavy atom. The molecule has 352 valence electrons. The molecule has 1 saturated heterocycles. The van der Waals surface area contributed by atoms with Crippen molar-refractivity contribution >= 4 is 87.6 Å². The highest BCUT2D eigenvalue weighted by Gasteiger charge is 2.58. The quantitative estimate of drug-likeness (QED) is 0.0511. The lowest BCUT2D eigenvalue weighted by Crippen LogP contribution is -2.34. The third kappa shape index (κ3) is 9.19. The fourth-order valence-electron chi connectivity index (χ4n) is 7.10. The van der Waals surface area contributed by atoms with Crippen molar-refractivity contribution in [3.8, 4) is 46.3 Å². The van der Waals surface area contributed by atoms with Crippen LogP contribution in [-0.2, 0) is 41.9 Å². The number of rotatable bonds is 12. The Bertz CT molecular complexity index is 3030. The van der Waals surface area contributed by atoms with Crippen molar-refractivity contribution in [3.63, 3.8) is 0 Å². The number of nitrogens with zero attached hydrogens (tertiary/aromatic N) is 2. The molecule has 3 unspecified atom stereocenters. The van der Waals surface area contributed by atoms with Gasteiger partial charge in [0.15, 0.2) is 34.3 Å². The number of phenolic OH excluding ortho intramolecular Hbond substituents is 2. The molecule has 1 amide bonds. The number of aromatic hydroxyl groups is 2. The van der Waals surface area contributed by atoms with Gasteiger partial charge in [0.25, 0.3) is 5.91 Å². The van der Waals surface area contributed by atoms with Crippen LogP contribution < -0.4 is 31.0 Å². The third-order valence-electron chi connectivity index (χ3n) is 9.75. The Hall–Kier alpha value is -4.63. The van der Waals surface area contributed by atoms with E-state index in [1.54, 1.807) is 0 Å². The molecule has 5 atom stereocenters. The van der Waals surface area contributed by atoms with Gasteiger partial charge in [-0.3, -0.25) is 13.9 Å². The molecule has 0 bridgehead atoms. The molecule has 9 N–H and O–H groups in total. The van der Waals surface area contributed by atoms with Crippen molar-refractivity contribution in [1.82, 2.24) is 14.9 Å². The van der Waals surface area contributed by atoms with Gasteiger partial charge in [0.1, 0.15) is 17.1 Å². The first-order valence-corrected chi connectivity index (χ1v) is 24.1. The number of nitrogen functional groups attached to an aromatic ring is 1. The number of amides is 1. The average molecular weight is 1060 g/mol. The summed E-state index contributed by atoms with van der Waals surface area (Å²) >= 11 is 26.7. The molecule has 1 aromatic heterocycles. The molecule has 0 saturated carbocycles. The lowest BCUT2D eigenvalue weighted by Gasteiger charge is -2.38. The van der Waals surface area contributed by atoms with Crippen LogP contribution >= 0.6 is 69.9 Å². The van der Waals surface area contributed by atoms with E-state index in [-0.39, 0.29) is 96.7 Å². The van der Waals surface area contributed by atoms with Gasteiger partial charge in [0.2, 0.25) is 5.75 Å². The van der Waals surface area contributed by atoms with Crippen LogP contribution in [-0.4, -0.2) is 84.7 Å². The number of phosphoric ester groups is 1. The second kappa shape index (κ2) is 18.1. The number of hydrogen-bond donors (Lipinski definition) is 8. The molecular weight excluding hydrogens is 1030 g/mol. The summed E-state index contributed by atoms with van der Waals surface area (Å²) in [6.07, 6.45) is -0.694. The van der Waals surface area contributed by atoms with E-state index in [4.69, 9.17) is 85.6 Å². The fraction of sp³-hybridized carbons (Fsp3) is 0.257. The topological polar surface area (TPSA) is 354 Å². The first-order chi connectivity index (χ1) is 30.8. The predicted molar refractivity (Wildman–Crippen MR) is 226 cm³/mol. The molecule has 31 heteroatoms. The van der Waals surface area contributed by atoms with Gasteiger partial charge in [-0.25, -0.2) is 23.3 Å². The number of ether oxygens (including phenoxy) is 5. The molecule has 4 heterocycles. The number of fused-ring (bicyclic) bond motifs is 6. The number of methoxy groups -OCH3 is 2. The monoisotopic (exact) mass is 1060 g/mol. The van der Waals surface area contributed by atoms with Gasteiger partial charge >= 0.3 is 35.1 Å². The number of halogens is 4. The first-order valence-electron chi connectivity index (χ1n) is 18.1. The van der Waals surface area contributed by atoms with Gasteiger partial charge in [-0.15, -0.1) is 0 Å². The van der Waals surface area contributed by atoms with Crippen molar-refractivity contribution in [2.75, 3.05) is 33.1 Å². The second-order valence-corrected chi connectivity index (χ2v) is 19.8.